The highest BCUT2D eigenvalue weighted by atomic mass is 16.5. The molecule has 162 valence electrons. The van der Waals surface area contributed by atoms with Crippen LogP contribution in [0.4, 0.5) is 0 Å². The van der Waals surface area contributed by atoms with Gasteiger partial charge in [0, 0.05) is 11.1 Å². The number of benzene rings is 2. The van der Waals surface area contributed by atoms with Crippen LogP contribution in [-0.2, 0) is 0 Å². The molecule has 0 saturated heterocycles. The van der Waals surface area contributed by atoms with Gasteiger partial charge in [-0.05, 0) is 37.3 Å². The van der Waals surface area contributed by atoms with Gasteiger partial charge >= 0.3 is 0 Å². The van der Waals surface area contributed by atoms with Crippen molar-refractivity contribution in [1.82, 2.24) is 15.6 Å². The summed E-state index contributed by atoms with van der Waals surface area (Å²) in [6, 6.07) is 12.6. The molecule has 0 spiro atoms. The molecule has 3 rings (SSSR count). The molecule has 0 atom stereocenters. The number of nitrogens with one attached hydrogen (secondary N) is 2. The molecule has 0 saturated carbocycles. The van der Waals surface area contributed by atoms with Crippen LogP contribution in [0.1, 0.15) is 23.0 Å². The van der Waals surface area contributed by atoms with E-state index < -0.39 is 5.91 Å². The molecule has 2 N–H and O–H groups in total. The Labute approximate surface area is 180 Å². The van der Waals surface area contributed by atoms with E-state index in [9.17, 15) is 4.79 Å². The van der Waals surface area contributed by atoms with Gasteiger partial charge in [-0.15, -0.1) is 0 Å². The van der Waals surface area contributed by atoms with Crippen LogP contribution < -0.4 is 24.4 Å². The Balaban J connectivity index is 1.70. The van der Waals surface area contributed by atoms with Gasteiger partial charge in [-0.1, -0.05) is 12.1 Å². The third kappa shape index (κ3) is 5.13. The van der Waals surface area contributed by atoms with Gasteiger partial charge in [0.05, 0.1) is 39.8 Å². The van der Waals surface area contributed by atoms with E-state index in [0.29, 0.717) is 35.1 Å². The molecule has 0 bridgehead atoms. The second-order valence-corrected chi connectivity index (χ2v) is 6.29. The molecular formula is C22H24N4O5. The molecule has 9 heteroatoms. The molecule has 0 aliphatic carbocycles. The summed E-state index contributed by atoms with van der Waals surface area (Å²) in [5.74, 6) is 1.76. The van der Waals surface area contributed by atoms with E-state index in [1.54, 1.807) is 18.2 Å². The minimum absolute atomic E-state index is 0.277. The van der Waals surface area contributed by atoms with Gasteiger partial charge in [0.25, 0.3) is 5.91 Å². The van der Waals surface area contributed by atoms with Crippen LogP contribution in [0.25, 0.3) is 11.3 Å². The summed E-state index contributed by atoms with van der Waals surface area (Å²) < 4.78 is 21.4. The van der Waals surface area contributed by atoms with Crippen LogP contribution in [0, 0.1) is 0 Å². The maximum Gasteiger partial charge on any atom is 0.289 e. The van der Waals surface area contributed by atoms with Crippen LogP contribution in [0.5, 0.6) is 23.0 Å². The molecule has 0 aliphatic rings. The Hall–Kier alpha value is -4.01. The molecule has 1 heterocycles. The van der Waals surface area contributed by atoms with Crippen molar-refractivity contribution in [3.63, 3.8) is 0 Å². The molecule has 31 heavy (non-hydrogen) atoms. The van der Waals surface area contributed by atoms with E-state index in [2.05, 4.69) is 20.7 Å². The lowest BCUT2D eigenvalue weighted by atomic mass is 10.1. The Morgan fingerprint density at radius 3 is 2.48 bits per heavy atom. The van der Waals surface area contributed by atoms with E-state index in [-0.39, 0.29) is 5.69 Å². The second-order valence-electron chi connectivity index (χ2n) is 6.29. The van der Waals surface area contributed by atoms with Gasteiger partial charge < -0.3 is 18.9 Å². The zero-order chi connectivity index (χ0) is 22.2. The monoisotopic (exact) mass is 424 g/mol. The number of carbonyl (C=O) groups is 1. The van der Waals surface area contributed by atoms with E-state index in [0.717, 1.165) is 11.3 Å². The Bertz CT molecular complexity index is 1050. The summed E-state index contributed by atoms with van der Waals surface area (Å²) in [7, 11) is 4.58. The minimum Gasteiger partial charge on any atom is -0.494 e. The van der Waals surface area contributed by atoms with Crippen molar-refractivity contribution in [2.45, 2.75) is 6.92 Å². The maximum atomic E-state index is 12.4. The molecule has 9 nitrogen and oxygen atoms in total. The summed E-state index contributed by atoms with van der Waals surface area (Å²) in [6.07, 6.45) is 1.48. The number of aromatic nitrogens is 2. The normalized spacial score (nSPS) is 10.7. The van der Waals surface area contributed by atoms with Crippen LogP contribution in [0.15, 0.2) is 47.6 Å². The number of ether oxygens (including phenoxy) is 4. The molecule has 1 amide bonds. The summed E-state index contributed by atoms with van der Waals surface area (Å²) in [6.45, 7) is 2.49. The summed E-state index contributed by atoms with van der Waals surface area (Å²) in [5, 5.41) is 10.9. The number of rotatable bonds is 9. The molecule has 0 unspecified atom stereocenters. The summed E-state index contributed by atoms with van der Waals surface area (Å²) >= 11 is 0. The lowest BCUT2D eigenvalue weighted by Crippen LogP contribution is -2.18. The van der Waals surface area contributed by atoms with Crippen molar-refractivity contribution >= 4 is 12.1 Å². The molecule has 1 aromatic heterocycles. The largest absolute Gasteiger partial charge is 0.494 e. The third-order valence-electron chi connectivity index (χ3n) is 4.33. The van der Waals surface area contributed by atoms with Gasteiger partial charge in [-0.2, -0.15) is 10.2 Å². The topological polar surface area (TPSA) is 107 Å². The van der Waals surface area contributed by atoms with Gasteiger partial charge in [0.2, 0.25) is 5.75 Å². The van der Waals surface area contributed by atoms with Gasteiger partial charge in [-0.25, -0.2) is 5.43 Å². The number of hydrogen-bond donors (Lipinski definition) is 2. The fraction of sp³-hybridized carbons (Fsp3) is 0.227. The van der Waals surface area contributed by atoms with Crippen molar-refractivity contribution < 1.29 is 23.7 Å². The lowest BCUT2D eigenvalue weighted by molar-refractivity contribution is 0.0950. The van der Waals surface area contributed by atoms with Gasteiger partial charge in [0.1, 0.15) is 11.4 Å². The number of nitrogens with zero attached hydrogens (tertiary/aromatic N) is 2. The lowest BCUT2D eigenvalue weighted by Gasteiger charge is -2.12. The highest BCUT2D eigenvalue weighted by molar-refractivity contribution is 5.94. The molecule has 3 aromatic rings. The van der Waals surface area contributed by atoms with E-state index in [1.165, 1.54) is 27.5 Å². The molecule has 0 aliphatic heterocycles. The number of carbonyl (C=O) groups excluding carboxylic acids is 1. The fourth-order valence-electron chi connectivity index (χ4n) is 2.90. The highest BCUT2D eigenvalue weighted by Gasteiger charge is 2.13. The fourth-order valence-corrected chi connectivity index (χ4v) is 2.90. The van der Waals surface area contributed by atoms with E-state index in [4.69, 9.17) is 18.9 Å². The Kier molecular flexibility index (Phi) is 7.10. The first-order valence-corrected chi connectivity index (χ1v) is 9.51. The smallest absolute Gasteiger partial charge is 0.289 e. The molecule has 0 radical (unpaired) electrons. The Morgan fingerprint density at radius 2 is 1.84 bits per heavy atom. The zero-order valence-electron chi connectivity index (χ0n) is 17.8. The second kappa shape index (κ2) is 10.1. The zero-order valence-corrected chi connectivity index (χ0v) is 17.8. The van der Waals surface area contributed by atoms with Crippen molar-refractivity contribution in [2.24, 2.45) is 5.10 Å². The summed E-state index contributed by atoms with van der Waals surface area (Å²) in [4.78, 5) is 12.4. The van der Waals surface area contributed by atoms with Crippen molar-refractivity contribution in [2.75, 3.05) is 27.9 Å². The SMILES string of the molecule is CCOc1cccc(-c2cc(C(=O)N/N=C/c3cc(OC)c(OC)c(OC)c3)[nH]n2)c1. The van der Waals surface area contributed by atoms with Gasteiger partial charge in [0.15, 0.2) is 11.5 Å². The average molecular weight is 424 g/mol. The van der Waals surface area contributed by atoms with Crippen molar-refractivity contribution in [3.05, 3.63) is 53.7 Å². The van der Waals surface area contributed by atoms with Crippen LogP contribution in [0.2, 0.25) is 0 Å². The molecule has 0 fully saturated rings. The average Bonchev–Trinajstić information content (AvgIpc) is 3.29. The quantitative estimate of drug-likeness (QED) is 0.403. The van der Waals surface area contributed by atoms with E-state index >= 15 is 0 Å². The standard InChI is InChI=1S/C22H24N4O5/c1-5-31-16-8-6-7-15(11-16)17-12-18(25-24-17)22(27)26-23-13-14-9-19(28-2)21(30-4)20(10-14)29-3/h6-13H,5H2,1-4H3,(H,24,25)(H,26,27)/b23-13+. The summed E-state index contributed by atoms with van der Waals surface area (Å²) in [5.41, 5.74) is 4.87. The maximum absolute atomic E-state index is 12.4. The number of amides is 1. The first-order chi connectivity index (χ1) is 15.1. The van der Waals surface area contributed by atoms with Gasteiger partial charge in [-0.3, -0.25) is 9.89 Å². The third-order valence-corrected chi connectivity index (χ3v) is 4.33. The van der Waals surface area contributed by atoms with Crippen molar-refractivity contribution in [3.8, 4) is 34.3 Å². The molecular weight excluding hydrogens is 400 g/mol. The van der Waals surface area contributed by atoms with E-state index in [1.807, 2.05) is 31.2 Å². The number of hydrazone groups is 1. The predicted molar refractivity (Wildman–Crippen MR) is 116 cm³/mol. The molecule has 2 aromatic carbocycles. The van der Waals surface area contributed by atoms with Crippen LogP contribution >= 0.6 is 0 Å². The van der Waals surface area contributed by atoms with Crippen molar-refractivity contribution in [1.29, 1.82) is 0 Å². The first kappa shape index (κ1) is 21.7. The first-order valence-electron chi connectivity index (χ1n) is 9.51. The van der Waals surface area contributed by atoms with Crippen LogP contribution in [0.3, 0.4) is 0 Å². The Morgan fingerprint density at radius 1 is 1.10 bits per heavy atom. The predicted octanol–water partition coefficient (Wildman–Crippen LogP) is 3.27. The number of H-pyrrole nitrogens is 1. The highest BCUT2D eigenvalue weighted by Crippen LogP contribution is 2.37. The number of methoxy groups -OCH3 is 3. The number of aromatic amines is 1. The number of hydrogen-bond acceptors (Lipinski definition) is 7. The van der Waals surface area contributed by atoms with Crippen LogP contribution in [-0.4, -0.2) is 50.3 Å². The minimum atomic E-state index is -0.427.